The number of hydrogen-bond acceptors (Lipinski definition) is 5. The highest BCUT2D eigenvalue weighted by molar-refractivity contribution is 14.0. The van der Waals surface area contributed by atoms with Crippen LogP contribution in [0.4, 0.5) is 5.82 Å². The minimum absolute atomic E-state index is 0. The fourth-order valence-corrected chi connectivity index (χ4v) is 2.69. The van der Waals surface area contributed by atoms with Crippen LogP contribution in [-0.4, -0.2) is 76.4 Å². The van der Waals surface area contributed by atoms with E-state index in [4.69, 9.17) is 4.74 Å². The minimum atomic E-state index is 0. The molecule has 2 N–H and O–H groups in total. The number of aromatic nitrogens is 1. The number of pyridine rings is 1. The number of piperazine rings is 1. The third-order valence-electron chi connectivity index (χ3n) is 4.16. The van der Waals surface area contributed by atoms with Gasteiger partial charge in [0.2, 0.25) is 0 Å². The smallest absolute Gasteiger partial charge is 0.191 e. The first kappa shape index (κ1) is 21.9. The molecule has 0 amide bonds. The predicted molar refractivity (Wildman–Crippen MR) is 114 cm³/mol. The second kappa shape index (κ2) is 12.3. The number of halogens is 1. The number of anilines is 1. The van der Waals surface area contributed by atoms with Crippen molar-refractivity contribution in [3.63, 3.8) is 0 Å². The molecule has 1 aromatic rings. The summed E-state index contributed by atoms with van der Waals surface area (Å²) in [6.07, 6.45) is 2.83. The zero-order valence-corrected chi connectivity index (χ0v) is 17.8. The van der Waals surface area contributed by atoms with Crippen molar-refractivity contribution in [1.82, 2.24) is 20.5 Å². The van der Waals surface area contributed by atoms with Crippen LogP contribution in [0.5, 0.6) is 0 Å². The maximum atomic E-state index is 5.06. The van der Waals surface area contributed by atoms with Gasteiger partial charge in [0.15, 0.2) is 5.96 Å². The third kappa shape index (κ3) is 7.33. The van der Waals surface area contributed by atoms with E-state index in [1.54, 1.807) is 14.2 Å². The molecule has 0 radical (unpaired) electrons. The number of nitrogens with zero attached hydrogens (tertiary/aromatic N) is 4. The Bertz CT molecular complexity index is 520. The molecule has 1 aromatic heterocycles. The molecule has 25 heavy (non-hydrogen) atoms. The molecule has 142 valence electrons. The first-order valence-corrected chi connectivity index (χ1v) is 8.55. The van der Waals surface area contributed by atoms with Crippen molar-refractivity contribution in [2.45, 2.75) is 13.0 Å². The highest BCUT2D eigenvalue weighted by atomic mass is 127. The molecule has 1 aliphatic rings. The van der Waals surface area contributed by atoms with Crippen LogP contribution in [0.3, 0.4) is 0 Å². The Labute approximate surface area is 168 Å². The maximum absolute atomic E-state index is 5.06. The number of guanidine groups is 1. The molecule has 2 rings (SSSR count). The highest BCUT2D eigenvalue weighted by Crippen LogP contribution is 2.18. The van der Waals surface area contributed by atoms with Gasteiger partial charge in [-0.15, -0.1) is 24.0 Å². The minimum Gasteiger partial charge on any atom is -0.385 e. The summed E-state index contributed by atoms with van der Waals surface area (Å²) in [6, 6.07) is 4.12. The van der Waals surface area contributed by atoms with Crippen molar-refractivity contribution in [3.05, 3.63) is 23.9 Å². The lowest BCUT2D eigenvalue weighted by molar-refractivity contribution is 0.195. The van der Waals surface area contributed by atoms with Crippen LogP contribution in [0.15, 0.2) is 23.3 Å². The Morgan fingerprint density at radius 1 is 1.28 bits per heavy atom. The van der Waals surface area contributed by atoms with E-state index in [0.717, 1.165) is 57.5 Å². The number of ether oxygens (including phenoxy) is 1. The number of aliphatic imine (C=N–C) groups is 1. The van der Waals surface area contributed by atoms with Gasteiger partial charge >= 0.3 is 0 Å². The summed E-state index contributed by atoms with van der Waals surface area (Å²) in [5, 5.41) is 6.67. The largest absolute Gasteiger partial charge is 0.385 e. The molecule has 8 heteroatoms. The maximum Gasteiger partial charge on any atom is 0.191 e. The second-order valence-electron chi connectivity index (χ2n) is 5.98. The van der Waals surface area contributed by atoms with Gasteiger partial charge in [0.05, 0.1) is 0 Å². The Balaban J connectivity index is 0.00000312. The number of rotatable bonds is 7. The average Bonchev–Trinajstić information content (AvgIpc) is 2.62. The van der Waals surface area contributed by atoms with Crippen molar-refractivity contribution >= 4 is 35.8 Å². The zero-order chi connectivity index (χ0) is 17.2. The van der Waals surface area contributed by atoms with Crippen molar-refractivity contribution in [1.29, 1.82) is 0 Å². The molecule has 2 heterocycles. The van der Waals surface area contributed by atoms with E-state index in [1.165, 1.54) is 5.56 Å². The van der Waals surface area contributed by atoms with E-state index in [9.17, 15) is 0 Å². The Kier molecular flexibility index (Phi) is 10.7. The molecule has 1 aliphatic heterocycles. The van der Waals surface area contributed by atoms with Crippen LogP contribution >= 0.6 is 24.0 Å². The van der Waals surface area contributed by atoms with Gasteiger partial charge in [-0.1, -0.05) is 6.07 Å². The van der Waals surface area contributed by atoms with E-state index in [-0.39, 0.29) is 24.0 Å². The second-order valence-corrected chi connectivity index (χ2v) is 5.98. The van der Waals surface area contributed by atoms with Crippen LogP contribution in [-0.2, 0) is 11.3 Å². The van der Waals surface area contributed by atoms with E-state index in [2.05, 4.69) is 43.5 Å². The quantitative estimate of drug-likeness (QED) is 0.275. The third-order valence-corrected chi connectivity index (χ3v) is 4.16. The molecular weight excluding hydrogens is 431 g/mol. The SMILES string of the molecule is CN=C(NCCCOC)NCc1cccnc1N1CCN(C)CC1.I. The van der Waals surface area contributed by atoms with Gasteiger partial charge in [0, 0.05) is 71.8 Å². The van der Waals surface area contributed by atoms with Crippen molar-refractivity contribution in [3.8, 4) is 0 Å². The fourth-order valence-electron chi connectivity index (χ4n) is 2.69. The molecule has 0 unspecified atom stereocenters. The standard InChI is InChI=1S/C17H30N6O.HI/c1-18-17(20-8-5-13-24-3)21-14-15-6-4-7-19-16(15)23-11-9-22(2)10-12-23;/h4,6-7H,5,8-14H2,1-3H3,(H2,18,20,21);1H. The Morgan fingerprint density at radius 3 is 2.72 bits per heavy atom. The number of methoxy groups -OCH3 is 1. The first-order valence-electron chi connectivity index (χ1n) is 8.55. The molecule has 0 saturated carbocycles. The summed E-state index contributed by atoms with van der Waals surface area (Å²) in [4.78, 5) is 13.6. The van der Waals surface area contributed by atoms with Crippen molar-refractivity contribution < 1.29 is 4.74 Å². The Morgan fingerprint density at radius 2 is 2.04 bits per heavy atom. The number of nitrogens with one attached hydrogen (secondary N) is 2. The van der Waals surface area contributed by atoms with Gasteiger partial charge in [0.1, 0.15) is 5.82 Å². The fraction of sp³-hybridized carbons (Fsp3) is 0.647. The van der Waals surface area contributed by atoms with Gasteiger partial charge in [-0.2, -0.15) is 0 Å². The van der Waals surface area contributed by atoms with Crippen molar-refractivity contribution in [2.24, 2.45) is 4.99 Å². The molecule has 0 aromatic carbocycles. The van der Waals surface area contributed by atoms with Gasteiger partial charge in [-0.25, -0.2) is 4.98 Å². The Hall–Kier alpha value is -1.13. The zero-order valence-electron chi connectivity index (χ0n) is 15.5. The van der Waals surface area contributed by atoms with Crippen LogP contribution < -0.4 is 15.5 Å². The van der Waals surface area contributed by atoms with Gasteiger partial charge in [-0.05, 0) is 19.5 Å². The predicted octanol–water partition coefficient (Wildman–Crippen LogP) is 1.15. The topological polar surface area (TPSA) is 65.0 Å². The molecule has 7 nitrogen and oxygen atoms in total. The molecule has 1 fully saturated rings. The first-order chi connectivity index (χ1) is 11.7. The molecule has 0 atom stereocenters. The summed E-state index contributed by atoms with van der Waals surface area (Å²) in [5.74, 6) is 1.88. The monoisotopic (exact) mass is 462 g/mol. The molecule has 0 bridgehead atoms. The lowest BCUT2D eigenvalue weighted by Gasteiger charge is -2.34. The van der Waals surface area contributed by atoms with Gasteiger partial charge < -0.3 is 25.2 Å². The number of hydrogen-bond donors (Lipinski definition) is 2. The van der Waals surface area contributed by atoms with Crippen molar-refractivity contribution in [2.75, 3.05) is 65.4 Å². The summed E-state index contributed by atoms with van der Waals surface area (Å²) >= 11 is 0. The summed E-state index contributed by atoms with van der Waals surface area (Å²) in [6.45, 7) is 6.48. The van der Waals surface area contributed by atoms with E-state index in [1.807, 2.05) is 12.3 Å². The summed E-state index contributed by atoms with van der Waals surface area (Å²) in [5.41, 5.74) is 1.20. The van der Waals surface area contributed by atoms with E-state index in [0.29, 0.717) is 6.54 Å². The van der Waals surface area contributed by atoms with Gasteiger partial charge in [-0.3, -0.25) is 4.99 Å². The average molecular weight is 462 g/mol. The van der Waals surface area contributed by atoms with Crippen LogP contribution in [0.2, 0.25) is 0 Å². The summed E-state index contributed by atoms with van der Waals surface area (Å²) < 4.78 is 5.06. The normalized spacial score (nSPS) is 15.6. The number of likely N-dealkylation sites (N-methyl/N-ethyl adjacent to an activating group) is 1. The molecular formula is C17H31IN6O. The molecule has 1 saturated heterocycles. The van der Waals surface area contributed by atoms with Crippen LogP contribution in [0, 0.1) is 0 Å². The van der Waals surface area contributed by atoms with Crippen LogP contribution in [0.25, 0.3) is 0 Å². The highest BCUT2D eigenvalue weighted by Gasteiger charge is 2.17. The summed E-state index contributed by atoms with van der Waals surface area (Å²) in [7, 11) is 5.67. The lowest BCUT2D eigenvalue weighted by atomic mass is 10.2. The molecule has 0 spiro atoms. The van der Waals surface area contributed by atoms with Crippen LogP contribution in [0.1, 0.15) is 12.0 Å². The van der Waals surface area contributed by atoms with E-state index < -0.39 is 0 Å². The van der Waals surface area contributed by atoms with Gasteiger partial charge in [0.25, 0.3) is 0 Å². The molecule has 0 aliphatic carbocycles. The van der Waals surface area contributed by atoms with E-state index >= 15 is 0 Å². The lowest BCUT2D eigenvalue weighted by Crippen LogP contribution is -2.45.